The molecule has 1 heterocycles. The highest BCUT2D eigenvalue weighted by Gasteiger charge is 2.21. The van der Waals surface area contributed by atoms with Gasteiger partial charge in [-0.25, -0.2) is 0 Å². The molecule has 0 radical (unpaired) electrons. The second-order valence-electron chi connectivity index (χ2n) is 6.72. The second kappa shape index (κ2) is 8.93. The summed E-state index contributed by atoms with van der Waals surface area (Å²) < 4.78 is 22.1. The number of methoxy groups -OCH3 is 2. The predicted molar refractivity (Wildman–Crippen MR) is 108 cm³/mol. The minimum absolute atomic E-state index is 0.0998. The number of rotatable bonds is 8. The van der Waals surface area contributed by atoms with E-state index >= 15 is 0 Å². The summed E-state index contributed by atoms with van der Waals surface area (Å²) in [5.74, 6) is 2.22. The van der Waals surface area contributed by atoms with E-state index in [1.807, 2.05) is 26.0 Å². The fourth-order valence-corrected chi connectivity index (χ4v) is 3.33. The van der Waals surface area contributed by atoms with Crippen LogP contribution in [0.5, 0.6) is 17.2 Å². The number of benzene rings is 2. The largest absolute Gasteiger partial charge is 0.496 e. The predicted octanol–water partition coefficient (Wildman–Crippen LogP) is 4.46. The first kappa shape index (κ1) is 20.0. The van der Waals surface area contributed by atoms with Gasteiger partial charge in [-0.2, -0.15) is 0 Å². The molecule has 0 aliphatic carbocycles. The molecule has 1 aliphatic rings. The molecule has 3 rings (SSSR count). The lowest BCUT2D eigenvalue weighted by atomic mass is 10.0. The lowest BCUT2D eigenvalue weighted by Gasteiger charge is -2.10. The van der Waals surface area contributed by atoms with Gasteiger partial charge in [-0.05, 0) is 56.3 Å². The molecular formula is C23H26O5. The Labute approximate surface area is 165 Å². The van der Waals surface area contributed by atoms with Crippen LogP contribution in [0, 0.1) is 0 Å². The maximum atomic E-state index is 12.7. The number of fused-ring (bicyclic) bond motifs is 1. The molecule has 5 heteroatoms. The Hall–Kier alpha value is -2.79. The fourth-order valence-electron chi connectivity index (χ4n) is 3.33. The average Bonchev–Trinajstić information content (AvgIpc) is 3.05. The summed E-state index contributed by atoms with van der Waals surface area (Å²) in [6.45, 7) is 4.92. The van der Waals surface area contributed by atoms with Crippen molar-refractivity contribution in [1.29, 1.82) is 0 Å². The third-order valence-electron chi connectivity index (χ3n) is 4.61. The van der Waals surface area contributed by atoms with E-state index in [-0.39, 0.29) is 11.9 Å². The first-order valence-corrected chi connectivity index (χ1v) is 9.40. The van der Waals surface area contributed by atoms with Crippen molar-refractivity contribution < 1.29 is 23.7 Å². The first-order valence-electron chi connectivity index (χ1n) is 9.40. The van der Waals surface area contributed by atoms with Crippen LogP contribution < -0.4 is 14.2 Å². The van der Waals surface area contributed by atoms with Gasteiger partial charge in [-0.1, -0.05) is 0 Å². The summed E-state index contributed by atoms with van der Waals surface area (Å²) in [6.07, 6.45) is 4.36. The van der Waals surface area contributed by atoms with Crippen molar-refractivity contribution in [3.8, 4) is 17.2 Å². The van der Waals surface area contributed by atoms with Gasteiger partial charge in [-0.15, -0.1) is 0 Å². The van der Waals surface area contributed by atoms with E-state index in [0.717, 1.165) is 34.6 Å². The van der Waals surface area contributed by atoms with E-state index < -0.39 is 0 Å². The van der Waals surface area contributed by atoms with Crippen molar-refractivity contribution in [3.63, 3.8) is 0 Å². The fraction of sp³-hybridized carbons (Fsp3) is 0.348. The lowest BCUT2D eigenvalue weighted by Crippen LogP contribution is -2.05. The van der Waals surface area contributed by atoms with Crippen molar-refractivity contribution in [2.24, 2.45) is 0 Å². The van der Waals surface area contributed by atoms with Crippen LogP contribution >= 0.6 is 0 Å². The normalized spacial score (nSPS) is 15.4. The molecule has 0 fully saturated rings. The monoisotopic (exact) mass is 382 g/mol. The minimum Gasteiger partial charge on any atom is -0.496 e. The number of ketones is 1. The first-order chi connectivity index (χ1) is 13.5. The van der Waals surface area contributed by atoms with Crippen molar-refractivity contribution >= 4 is 11.9 Å². The summed E-state index contributed by atoms with van der Waals surface area (Å²) >= 11 is 0. The van der Waals surface area contributed by atoms with Crippen molar-refractivity contribution in [2.45, 2.75) is 33.0 Å². The highest BCUT2D eigenvalue weighted by atomic mass is 16.5. The van der Waals surface area contributed by atoms with Gasteiger partial charge < -0.3 is 18.9 Å². The molecule has 0 saturated carbocycles. The number of ether oxygens (including phenoxy) is 4. The zero-order valence-electron chi connectivity index (χ0n) is 16.8. The van der Waals surface area contributed by atoms with Crippen LogP contribution in [0.3, 0.4) is 0 Å². The number of carbonyl (C=O) groups is 1. The van der Waals surface area contributed by atoms with E-state index in [1.165, 1.54) is 0 Å². The molecule has 0 saturated heterocycles. The molecule has 28 heavy (non-hydrogen) atoms. The number of hydrogen-bond acceptors (Lipinski definition) is 5. The Morgan fingerprint density at radius 3 is 2.75 bits per heavy atom. The van der Waals surface area contributed by atoms with Gasteiger partial charge in [-0.3, -0.25) is 4.79 Å². The van der Waals surface area contributed by atoms with Gasteiger partial charge in [0.15, 0.2) is 5.78 Å². The third kappa shape index (κ3) is 4.37. The van der Waals surface area contributed by atoms with E-state index in [1.54, 1.807) is 44.6 Å². The highest BCUT2D eigenvalue weighted by Crippen LogP contribution is 2.35. The molecule has 1 atom stereocenters. The van der Waals surface area contributed by atoms with E-state index in [9.17, 15) is 4.79 Å². The van der Waals surface area contributed by atoms with Crippen LogP contribution in [0.25, 0.3) is 6.08 Å². The van der Waals surface area contributed by atoms with Gasteiger partial charge >= 0.3 is 0 Å². The van der Waals surface area contributed by atoms with E-state index in [4.69, 9.17) is 18.9 Å². The maximum Gasteiger partial charge on any atom is 0.185 e. The van der Waals surface area contributed by atoms with Crippen molar-refractivity contribution in [1.82, 2.24) is 0 Å². The Kier molecular flexibility index (Phi) is 6.37. The lowest BCUT2D eigenvalue weighted by molar-refractivity contribution is 0.104. The topological polar surface area (TPSA) is 54.0 Å². The summed E-state index contributed by atoms with van der Waals surface area (Å²) in [5.41, 5.74) is 3.37. The molecule has 2 aromatic rings. The van der Waals surface area contributed by atoms with Gasteiger partial charge in [0, 0.05) is 35.8 Å². The molecule has 0 spiro atoms. The summed E-state index contributed by atoms with van der Waals surface area (Å²) in [4.78, 5) is 12.7. The Morgan fingerprint density at radius 1 is 1.21 bits per heavy atom. The molecule has 0 amide bonds. The molecule has 0 aromatic heterocycles. The number of carbonyl (C=O) groups excluding carboxylic acids is 1. The Bertz CT molecular complexity index is 885. The minimum atomic E-state index is -0.0998. The van der Waals surface area contributed by atoms with Gasteiger partial charge in [0.2, 0.25) is 0 Å². The van der Waals surface area contributed by atoms with Gasteiger partial charge in [0.25, 0.3) is 0 Å². The molecule has 5 nitrogen and oxygen atoms in total. The molecule has 0 bridgehead atoms. The smallest absolute Gasteiger partial charge is 0.185 e. The summed E-state index contributed by atoms with van der Waals surface area (Å²) in [6, 6.07) is 9.29. The number of allylic oxidation sites excluding steroid dienone is 1. The third-order valence-corrected chi connectivity index (χ3v) is 4.61. The average molecular weight is 382 g/mol. The van der Waals surface area contributed by atoms with Crippen molar-refractivity contribution in [3.05, 3.63) is 58.7 Å². The van der Waals surface area contributed by atoms with Crippen LogP contribution in [-0.4, -0.2) is 32.7 Å². The van der Waals surface area contributed by atoms with Crippen LogP contribution in [-0.2, 0) is 17.8 Å². The van der Waals surface area contributed by atoms with Crippen LogP contribution in [0.15, 0.2) is 36.4 Å². The molecular weight excluding hydrogens is 356 g/mol. The van der Waals surface area contributed by atoms with Crippen LogP contribution in [0.2, 0.25) is 0 Å². The molecule has 2 aromatic carbocycles. The second-order valence-corrected chi connectivity index (χ2v) is 6.72. The quantitative estimate of drug-likeness (QED) is 0.498. The zero-order chi connectivity index (χ0) is 20.1. The zero-order valence-corrected chi connectivity index (χ0v) is 16.8. The standard InChI is InChI=1S/C23H26O5/c1-5-27-22-13-18-10-15(2)28-23(18)12-17(22)6-8-20(24)16-7-9-21(26-4)19(11-16)14-25-3/h6-9,11-13,15H,5,10,14H2,1-4H3/b8-6+/t15-/m1/s1. The Morgan fingerprint density at radius 2 is 2.04 bits per heavy atom. The highest BCUT2D eigenvalue weighted by molar-refractivity contribution is 6.07. The van der Waals surface area contributed by atoms with E-state index in [2.05, 4.69) is 0 Å². The Balaban J connectivity index is 1.86. The molecule has 0 unspecified atom stereocenters. The number of hydrogen-bond donors (Lipinski definition) is 0. The SMILES string of the molecule is CCOc1cc2c(cc1/C=C/C(=O)c1ccc(OC)c(COC)c1)O[C@H](C)C2. The van der Waals surface area contributed by atoms with Crippen LogP contribution in [0.1, 0.15) is 40.9 Å². The van der Waals surface area contributed by atoms with Crippen molar-refractivity contribution in [2.75, 3.05) is 20.8 Å². The molecule has 1 aliphatic heterocycles. The van der Waals surface area contributed by atoms with Crippen LogP contribution in [0.4, 0.5) is 0 Å². The van der Waals surface area contributed by atoms with Gasteiger partial charge in [0.1, 0.15) is 23.4 Å². The molecule has 148 valence electrons. The van der Waals surface area contributed by atoms with Gasteiger partial charge in [0.05, 0.1) is 20.3 Å². The summed E-state index contributed by atoms with van der Waals surface area (Å²) in [7, 11) is 3.21. The summed E-state index contributed by atoms with van der Waals surface area (Å²) in [5, 5.41) is 0. The molecule has 0 N–H and O–H groups in total. The van der Waals surface area contributed by atoms with E-state index in [0.29, 0.717) is 24.5 Å². The maximum absolute atomic E-state index is 12.7.